The third-order valence-corrected chi connectivity index (χ3v) is 5.05. The van der Waals surface area contributed by atoms with Crippen molar-refractivity contribution >= 4 is 22.6 Å². The number of benzene rings is 1. The summed E-state index contributed by atoms with van der Waals surface area (Å²) in [5.41, 5.74) is 1.61. The minimum atomic E-state index is -0.385. The number of amides is 1. The molecule has 0 saturated carbocycles. The highest BCUT2D eigenvalue weighted by Crippen LogP contribution is 2.23. The number of anilines is 1. The molecular formula is C21H22N2O4. The summed E-state index contributed by atoms with van der Waals surface area (Å²) in [6.45, 7) is 4.25. The second kappa shape index (κ2) is 7.40. The van der Waals surface area contributed by atoms with Gasteiger partial charge in [-0.05, 0) is 56.1 Å². The van der Waals surface area contributed by atoms with E-state index in [2.05, 4.69) is 10.2 Å². The van der Waals surface area contributed by atoms with Gasteiger partial charge in [-0.1, -0.05) is 0 Å². The van der Waals surface area contributed by atoms with E-state index >= 15 is 0 Å². The highest BCUT2D eigenvalue weighted by Gasteiger charge is 2.26. The normalized spacial score (nSPS) is 17.9. The number of fused-ring (bicyclic) bond motifs is 1. The van der Waals surface area contributed by atoms with Gasteiger partial charge < -0.3 is 14.2 Å². The monoisotopic (exact) mass is 366 g/mol. The maximum absolute atomic E-state index is 12.7. The molecule has 1 atom stereocenters. The van der Waals surface area contributed by atoms with E-state index in [1.54, 1.807) is 12.3 Å². The van der Waals surface area contributed by atoms with Crippen molar-refractivity contribution in [2.75, 3.05) is 18.4 Å². The van der Waals surface area contributed by atoms with Crippen LogP contribution in [0.5, 0.6) is 0 Å². The van der Waals surface area contributed by atoms with Crippen molar-refractivity contribution in [2.24, 2.45) is 5.92 Å². The van der Waals surface area contributed by atoms with Crippen molar-refractivity contribution in [3.8, 4) is 0 Å². The first-order chi connectivity index (χ1) is 13.1. The van der Waals surface area contributed by atoms with E-state index in [-0.39, 0.29) is 17.5 Å². The summed E-state index contributed by atoms with van der Waals surface area (Å²) in [6.07, 6.45) is 3.51. The first-order valence-electron chi connectivity index (χ1n) is 9.18. The lowest BCUT2D eigenvalue weighted by atomic mass is 9.97. The fourth-order valence-corrected chi connectivity index (χ4v) is 3.68. The standard InChI is InChI=1S/C21H22N2O4/c1-14-10-20(24)27-19-11-16(6-7-18(14)19)22-21(25)15-4-2-8-23(12-15)13-17-5-3-9-26-17/h3,5-7,9-11,15H,2,4,8,12-13H2,1H3,(H,22,25). The maximum Gasteiger partial charge on any atom is 0.336 e. The second-order valence-electron chi connectivity index (χ2n) is 7.10. The molecule has 1 aliphatic rings. The molecule has 4 rings (SSSR count). The van der Waals surface area contributed by atoms with Gasteiger partial charge in [-0.3, -0.25) is 9.69 Å². The van der Waals surface area contributed by atoms with E-state index < -0.39 is 0 Å². The zero-order valence-electron chi connectivity index (χ0n) is 15.2. The third-order valence-electron chi connectivity index (χ3n) is 5.05. The van der Waals surface area contributed by atoms with Crippen molar-refractivity contribution < 1.29 is 13.6 Å². The van der Waals surface area contributed by atoms with E-state index in [1.165, 1.54) is 6.07 Å². The summed E-state index contributed by atoms with van der Waals surface area (Å²) in [6, 6.07) is 10.7. The third kappa shape index (κ3) is 3.95. The Morgan fingerprint density at radius 2 is 2.19 bits per heavy atom. The lowest BCUT2D eigenvalue weighted by molar-refractivity contribution is -0.121. The Bertz CT molecular complexity index is 1010. The number of piperidine rings is 1. The number of hydrogen-bond acceptors (Lipinski definition) is 5. The summed E-state index contributed by atoms with van der Waals surface area (Å²) < 4.78 is 10.7. The maximum atomic E-state index is 12.7. The van der Waals surface area contributed by atoms with Crippen LogP contribution in [-0.2, 0) is 11.3 Å². The van der Waals surface area contributed by atoms with Crippen LogP contribution >= 0.6 is 0 Å². The zero-order chi connectivity index (χ0) is 18.8. The fraction of sp³-hybridized carbons (Fsp3) is 0.333. The van der Waals surface area contributed by atoms with Crippen LogP contribution in [0, 0.1) is 12.8 Å². The summed E-state index contributed by atoms with van der Waals surface area (Å²) in [4.78, 5) is 26.6. The van der Waals surface area contributed by atoms with Crippen molar-refractivity contribution in [2.45, 2.75) is 26.3 Å². The van der Waals surface area contributed by atoms with Gasteiger partial charge in [-0.2, -0.15) is 0 Å². The minimum absolute atomic E-state index is 0.00602. The molecule has 6 nitrogen and oxygen atoms in total. The molecule has 1 unspecified atom stereocenters. The number of carbonyl (C=O) groups is 1. The van der Waals surface area contributed by atoms with Gasteiger partial charge in [0, 0.05) is 29.8 Å². The molecule has 0 spiro atoms. The summed E-state index contributed by atoms with van der Waals surface area (Å²) in [7, 11) is 0. The Balaban J connectivity index is 1.45. The number of hydrogen-bond donors (Lipinski definition) is 1. The number of likely N-dealkylation sites (tertiary alicyclic amines) is 1. The summed E-state index contributed by atoms with van der Waals surface area (Å²) >= 11 is 0. The van der Waals surface area contributed by atoms with E-state index in [9.17, 15) is 9.59 Å². The molecule has 1 saturated heterocycles. The Kier molecular flexibility index (Phi) is 4.81. The number of rotatable bonds is 4. The number of carbonyl (C=O) groups excluding carboxylic acids is 1. The molecule has 27 heavy (non-hydrogen) atoms. The van der Waals surface area contributed by atoms with E-state index in [4.69, 9.17) is 8.83 Å². The number of nitrogens with one attached hydrogen (secondary N) is 1. The van der Waals surface area contributed by atoms with Crippen LogP contribution in [0.3, 0.4) is 0 Å². The van der Waals surface area contributed by atoms with Gasteiger partial charge in [0.25, 0.3) is 0 Å². The van der Waals surface area contributed by atoms with Crippen molar-refractivity contribution in [1.82, 2.24) is 4.90 Å². The average molecular weight is 366 g/mol. The minimum Gasteiger partial charge on any atom is -0.468 e. The molecule has 3 aromatic rings. The Hall–Kier alpha value is -2.86. The van der Waals surface area contributed by atoms with Crippen LogP contribution in [0.4, 0.5) is 5.69 Å². The fourth-order valence-electron chi connectivity index (χ4n) is 3.68. The molecule has 140 valence electrons. The van der Waals surface area contributed by atoms with Crippen molar-refractivity contribution in [3.63, 3.8) is 0 Å². The largest absolute Gasteiger partial charge is 0.468 e. The van der Waals surface area contributed by atoms with Gasteiger partial charge in [0.2, 0.25) is 5.91 Å². The molecular weight excluding hydrogens is 344 g/mol. The first-order valence-corrected chi connectivity index (χ1v) is 9.18. The topological polar surface area (TPSA) is 75.7 Å². The zero-order valence-corrected chi connectivity index (χ0v) is 15.2. The van der Waals surface area contributed by atoms with Crippen LogP contribution in [0.2, 0.25) is 0 Å². The number of aryl methyl sites for hydroxylation is 1. The van der Waals surface area contributed by atoms with Gasteiger partial charge in [0.1, 0.15) is 11.3 Å². The molecule has 6 heteroatoms. The number of nitrogens with zero attached hydrogens (tertiary/aromatic N) is 1. The Labute approximate surface area is 156 Å². The highest BCUT2D eigenvalue weighted by atomic mass is 16.4. The van der Waals surface area contributed by atoms with Gasteiger partial charge >= 0.3 is 5.63 Å². The van der Waals surface area contributed by atoms with Crippen LogP contribution in [-0.4, -0.2) is 23.9 Å². The lowest BCUT2D eigenvalue weighted by Gasteiger charge is -2.31. The van der Waals surface area contributed by atoms with Gasteiger partial charge in [-0.15, -0.1) is 0 Å². The van der Waals surface area contributed by atoms with Crippen LogP contribution < -0.4 is 10.9 Å². The molecule has 1 aromatic carbocycles. The molecule has 1 aliphatic heterocycles. The van der Waals surface area contributed by atoms with Gasteiger partial charge in [-0.25, -0.2) is 4.79 Å². The average Bonchev–Trinajstić information content (AvgIpc) is 3.14. The Morgan fingerprint density at radius 3 is 3.00 bits per heavy atom. The molecule has 0 bridgehead atoms. The second-order valence-corrected chi connectivity index (χ2v) is 7.10. The molecule has 1 fully saturated rings. The smallest absolute Gasteiger partial charge is 0.336 e. The van der Waals surface area contributed by atoms with Gasteiger partial charge in [0.15, 0.2) is 0 Å². The lowest BCUT2D eigenvalue weighted by Crippen LogP contribution is -2.40. The highest BCUT2D eigenvalue weighted by molar-refractivity contribution is 5.95. The van der Waals surface area contributed by atoms with E-state index in [1.807, 2.05) is 31.2 Å². The van der Waals surface area contributed by atoms with Gasteiger partial charge in [0.05, 0.1) is 18.7 Å². The number of furan rings is 1. The quantitative estimate of drug-likeness (QED) is 0.715. The molecule has 0 aliphatic carbocycles. The van der Waals surface area contributed by atoms with Crippen LogP contribution in [0.25, 0.3) is 11.0 Å². The SMILES string of the molecule is Cc1cc(=O)oc2cc(NC(=O)C3CCCN(Cc4ccco4)C3)ccc12. The predicted octanol–water partition coefficient (Wildman–Crippen LogP) is 3.55. The molecule has 1 N–H and O–H groups in total. The summed E-state index contributed by atoms with van der Waals surface area (Å²) in [5, 5.41) is 3.84. The predicted molar refractivity (Wildman–Crippen MR) is 103 cm³/mol. The molecule has 2 aromatic heterocycles. The van der Waals surface area contributed by atoms with Crippen molar-refractivity contribution in [3.05, 3.63) is 64.4 Å². The summed E-state index contributed by atoms with van der Waals surface area (Å²) in [5.74, 6) is 0.832. The molecule has 3 heterocycles. The first kappa shape index (κ1) is 17.5. The van der Waals surface area contributed by atoms with Crippen molar-refractivity contribution in [1.29, 1.82) is 0 Å². The Morgan fingerprint density at radius 1 is 1.30 bits per heavy atom. The van der Waals surface area contributed by atoms with Crippen LogP contribution in [0.1, 0.15) is 24.2 Å². The molecule has 1 amide bonds. The van der Waals surface area contributed by atoms with E-state index in [0.29, 0.717) is 17.8 Å². The van der Waals surface area contributed by atoms with E-state index in [0.717, 1.165) is 42.6 Å². The van der Waals surface area contributed by atoms with Crippen LogP contribution in [0.15, 0.2) is 56.3 Å². The molecule has 0 radical (unpaired) electrons.